The Labute approximate surface area is 29.0 Å². The molecule has 0 rings (SSSR count). The smallest absolute Gasteiger partial charge is 0.116 e. The van der Waals surface area contributed by atoms with Gasteiger partial charge in [0, 0.05) is 0 Å². The third-order valence-electron chi connectivity index (χ3n) is 0. The Morgan fingerprint density at radius 1 is 1.75 bits per heavy atom. The Morgan fingerprint density at radius 3 is 1.75 bits per heavy atom. The van der Waals surface area contributed by atoms with E-state index in [0.717, 1.165) is 6.29 Å². The largest absolute Gasteiger partial charge is 0.304 e. The van der Waals surface area contributed by atoms with Gasteiger partial charge in [-0.25, -0.2) is 0 Å². The third kappa shape index (κ3) is 254. The molecule has 0 N–H and O–H groups in total. The molecule has 0 amide bonds. The maximum atomic E-state index is 8.81. The van der Waals surface area contributed by atoms with Crippen molar-refractivity contribution in [1.82, 2.24) is 0 Å². The highest BCUT2D eigenvalue weighted by Gasteiger charge is 1.24. The van der Waals surface area contributed by atoms with Crippen molar-refractivity contribution >= 4 is 16.2 Å². The van der Waals surface area contributed by atoms with Crippen molar-refractivity contribution in [3.8, 4) is 0 Å². The van der Waals surface area contributed by atoms with Crippen molar-refractivity contribution in [2.24, 2.45) is 0 Å². The van der Waals surface area contributed by atoms with Crippen LogP contribution in [-0.2, 0) is 4.79 Å². The molecule has 1 atom stereocenters. The van der Waals surface area contributed by atoms with E-state index in [2.05, 4.69) is 0 Å². The van der Waals surface area contributed by atoms with Gasteiger partial charge in [-0.1, -0.05) is 0 Å². The molecule has 0 aliphatic heterocycles. The van der Waals surface area contributed by atoms with Crippen molar-refractivity contribution in [1.29, 1.82) is 0 Å². The van der Waals surface area contributed by atoms with Gasteiger partial charge in [-0.15, -0.1) is 0 Å². The Kier molecular flexibility index (Phi) is 25.2. The molecular weight excluding hydrogens is 71.0 g/mol. The SMILES string of the molecule is CC=O.P. The molecule has 1 unspecified atom stereocenters. The predicted molar refractivity (Wildman–Crippen MR) is 22.8 cm³/mol. The van der Waals surface area contributed by atoms with Crippen molar-refractivity contribution in [3.63, 3.8) is 0 Å². The summed E-state index contributed by atoms with van der Waals surface area (Å²) in [5.74, 6) is 0. The van der Waals surface area contributed by atoms with Crippen LogP contribution >= 0.6 is 9.90 Å². The fraction of sp³-hybridized carbons (Fsp3) is 0.500. The van der Waals surface area contributed by atoms with E-state index in [1.165, 1.54) is 6.92 Å². The lowest BCUT2D eigenvalue weighted by molar-refractivity contribution is -0.106. The Bertz CT molecular complexity index is 13.5. The topological polar surface area (TPSA) is 17.1 Å². The lowest BCUT2D eigenvalue weighted by atomic mass is 11.0. The molecule has 0 saturated carbocycles. The van der Waals surface area contributed by atoms with E-state index >= 15 is 0 Å². The molecule has 0 aromatic rings. The van der Waals surface area contributed by atoms with Gasteiger partial charge in [0.2, 0.25) is 0 Å². The van der Waals surface area contributed by atoms with Gasteiger partial charge >= 0.3 is 0 Å². The van der Waals surface area contributed by atoms with E-state index in [1.807, 2.05) is 0 Å². The quantitative estimate of drug-likeness (QED) is 0.300. The van der Waals surface area contributed by atoms with Crippen LogP contribution in [0.1, 0.15) is 6.92 Å². The molecule has 1 nitrogen and oxygen atoms in total. The van der Waals surface area contributed by atoms with Crippen LogP contribution in [0, 0.1) is 0 Å². The Hall–Kier alpha value is 0.100. The van der Waals surface area contributed by atoms with Crippen molar-refractivity contribution in [2.45, 2.75) is 6.92 Å². The lowest BCUT2D eigenvalue weighted by Gasteiger charge is -1.23. The highest BCUT2D eigenvalue weighted by molar-refractivity contribution is 6.92. The maximum Gasteiger partial charge on any atom is 0.116 e. The van der Waals surface area contributed by atoms with Crippen molar-refractivity contribution in [2.75, 3.05) is 0 Å². The first kappa shape index (κ1) is 8.93. The van der Waals surface area contributed by atoms with Crippen LogP contribution in [-0.4, -0.2) is 6.29 Å². The van der Waals surface area contributed by atoms with E-state index in [1.54, 1.807) is 0 Å². The number of carbonyl (C=O) groups is 1. The molecule has 0 aromatic heterocycles. The van der Waals surface area contributed by atoms with Crippen LogP contribution in [0.3, 0.4) is 0 Å². The minimum Gasteiger partial charge on any atom is -0.304 e. The maximum absolute atomic E-state index is 8.81. The monoisotopic (exact) mass is 78.0 g/mol. The zero-order chi connectivity index (χ0) is 2.71. The first-order chi connectivity index (χ1) is 1.41. The fourth-order valence-electron chi connectivity index (χ4n) is 0. The molecule has 0 aliphatic rings. The van der Waals surface area contributed by atoms with Crippen molar-refractivity contribution < 1.29 is 4.79 Å². The molecule has 0 fully saturated rings. The highest BCUT2D eigenvalue weighted by Crippen LogP contribution is 1.13. The van der Waals surface area contributed by atoms with Gasteiger partial charge in [0.1, 0.15) is 6.29 Å². The zero-order valence-corrected chi connectivity index (χ0v) is 4.11. The van der Waals surface area contributed by atoms with Gasteiger partial charge in [0.15, 0.2) is 0 Å². The van der Waals surface area contributed by atoms with E-state index in [-0.39, 0.29) is 9.90 Å². The average molecular weight is 78.1 g/mol. The summed E-state index contributed by atoms with van der Waals surface area (Å²) in [6.45, 7) is 1.44. The first-order valence-corrected chi connectivity index (χ1v) is 0.813. The Morgan fingerprint density at radius 2 is 1.75 bits per heavy atom. The van der Waals surface area contributed by atoms with E-state index in [4.69, 9.17) is 4.79 Å². The summed E-state index contributed by atoms with van der Waals surface area (Å²) in [5, 5.41) is 0. The van der Waals surface area contributed by atoms with Gasteiger partial charge in [0.05, 0.1) is 0 Å². The van der Waals surface area contributed by atoms with E-state index in [9.17, 15) is 0 Å². The van der Waals surface area contributed by atoms with Gasteiger partial charge in [0.25, 0.3) is 0 Å². The molecule has 0 heterocycles. The number of hydrogen-bond acceptors (Lipinski definition) is 1. The summed E-state index contributed by atoms with van der Waals surface area (Å²) in [6.07, 6.45) is 0.750. The molecule has 0 aromatic carbocycles. The summed E-state index contributed by atoms with van der Waals surface area (Å²) in [6, 6.07) is 0. The zero-order valence-electron chi connectivity index (χ0n) is 2.69. The minimum absolute atomic E-state index is 0. The summed E-state index contributed by atoms with van der Waals surface area (Å²) < 4.78 is 0. The lowest BCUT2D eigenvalue weighted by Crippen LogP contribution is -1.36. The van der Waals surface area contributed by atoms with Crippen LogP contribution < -0.4 is 0 Å². The molecule has 0 spiro atoms. The predicted octanol–water partition coefficient (Wildman–Crippen LogP) is 0.263. The molecule has 2 heteroatoms. The van der Waals surface area contributed by atoms with Gasteiger partial charge in [-0.3, -0.25) is 0 Å². The second kappa shape index (κ2) is 11.3. The van der Waals surface area contributed by atoms with E-state index in [0.29, 0.717) is 0 Å². The molecule has 0 radical (unpaired) electrons. The van der Waals surface area contributed by atoms with Crippen LogP contribution in [0.25, 0.3) is 0 Å². The molecule has 0 bridgehead atoms. The first-order valence-electron chi connectivity index (χ1n) is 0.813. The van der Waals surface area contributed by atoms with Crippen LogP contribution in [0.2, 0.25) is 0 Å². The third-order valence-corrected chi connectivity index (χ3v) is 0. The second-order valence-electron chi connectivity index (χ2n) is 0.236. The second-order valence-corrected chi connectivity index (χ2v) is 0.236. The molecule has 0 aliphatic carbocycles. The number of rotatable bonds is 0. The number of aldehydes is 1. The average Bonchev–Trinajstić information content (AvgIpc) is 0.918. The summed E-state index contributed by atoms with van der Waals surface area (Å²) in [4.78, 5) is 8.81. The standard InChI is InChI=1S/C2H4O.H3P/c1-2-3;/h2H,1H3;1H3. The van der Waals surface area contributed by atoms with Crippen molar-refractivity contribution in [3.05, 3.63) is 0 Å². The van der Waals surface area contributed by atoms with Gasteiger partial charge in [-0.05, 0) is 6.92 Å². The Balaban J connectivity index is 0. The van der Waals surface area contributed by atoms with Crippen LogP contribution in [0.4, 0.5) is 0 Å². The van der Waals surface area contributed by atoms with Gasteiger partial charge in [-0.2, -0.15) is 9.90 Å². The number of hydrogen-bond donors (Lipinski definition) is 0. The fourth-order valence-corrected chi connectivity index (χ4v) is 0. The minimum atomic E-state index is 0. The normalized spacial score (nSPS) is 3.25. The van der Waals surface area contributed by atoms with Gasteiger partial charge < -0.3 is 4.79 Å². The molecule has 4 heavy (non-hydrogen) atoms. The van der Waals surface area contributed by atoms with Crippen LogP contribution in [0.5, 0.6) is 0 Å². The summed E-state index contributed by atoms with van der Waals surface area (Å²) >= 11 is 0. The summed E-state index contributed by atoms with van der Waals surface area (Å²) in [5.41, 5.74) is 0. The van der Waals surface area contributed by atoms with E-state index < -0.39 is 0 Å². The summed E-state index contributed by atoms with van der Waals surface area (Å²) in [7, 11) is 0. The van der Waals surface area contributed by atoms with Crippen LogP contribution in [0.15, 0.2) is 0 Å². The highest BCUT2D eigenvalue weighted by atomic mass is 31.0. The molecular formula is C2H7OP. The molecule has 26 valence electrons. The number of carbonyl (C=O) groups excluding carboxylic acids is 1. The molecule has 0 saturated heterocycles.